The molecule has 27 heavy (non-hydrogen) atoms. The summed E-state index contributed by atoms with van der Waals surface area (Å²) in [5.74, 6) is 0.562. The number of ether oxygens (including phenoxy) is 1. The quantitative estimate of drug-likeness (QED) is 0.771. The molecule has 1 saturated heterocycles. The molecule has 0 unspecified atom stereocenters. The Morgan fingerprint density at radius 1 is 1.11 bits per heavy atom. The second kappa shape index (κ2) is 8.64. The van der Waals surface area contributed by atoms with Crippen LogP contribution >= 0.6 is 11.6 Å². The van der Waals surface area contributed by atoms with E-state index in [9.17, 15) is 9.59 Å². The molecule has 2 aromatic carbocycles. The Hall–Kier alpha value is -2.93. The lowest BCUT2D eigenvalue weighted by Gasteiger charge is -2.34. The number of hydrogen-bond donors (Lipinski definition) is 2. The van der Waals surface area contributed by atoms with E-state index < -0.39 is 6.03 Å². The van der Waals surface area contributed by atoms with Gasteiger partial charge in [-0.15, -0.1) is 0 Å². The molecule has 0 aromatic heterocycles. The third-order valence-electron chi connectivity index (χ3n) is 4.34. The summed E-state index contributed by atoms with van der Waals surface area (Å²) in [6, 6.07) is 12.2. The van der Waals surface area contributed by atoms with E-state index in [1.54, 1.807) is 36.3 Å². The minimum absolute atomic E-state index is 0.390. The summed E-state index contributed by atoms with van der Waals surface area (Å²) in [6.45, 7) is 2.82. The first-order valence-electron chi connectivity index (χ1n) is 8.55. The van der Waals surface area contributed by atoms with Crippen molar-refractivity contribution < 1.29 is 14.3 Å². The highest BCUT2D eigenvalue weighted by atomic mass is 35.5. The Kier molecular flexibility index (Phi) is 6.03. The summed E-state index contributed by atoms with van der Waals surface area (Å²) in [5.41, 5.74) is 2.12. The maximum absolute atomic E-state index is 12.4. The minimum atomic E-state index is -0.390. The van der Waals surface area contributed by atoms with Crippen LogP contribution in [0, 0.1) is 0 Å². The molecule has 7 nitrogen and oxygen atoms in total. The first-order chi connectivity index (χ1) is 13.1. The third kappa shape index (κ3) is 4.83. The van der Waals surface area contributed by atoms with Crippen molar-refractivity contribution in [2.75, 3.05) is 48.8 Å². The summed E-state index contributed by atoms with van der Waals surface area (Å²) in [6.07, 6.45) is 0.874. The number of amides is 3. The van der Waals surface area contributed by atoms with Gasteiger partial charge in [0.1, 0.15) is 5.75 Å². The van der Waals surface area contributed by atoms with E-state index in [0.29, 0.717) is 35.2 Å². The van der Waals surface area contributed by atoms with Crippen molar-refractivity contribution in [1.29, 1.82) is 0 Å². The number of nitrogens with zero attached hydrogens (tertiary/aromatic N) is 2. The zero-order valence-corrected chi connectivity index (χ0v) is 15.7. The molecule has 1 aliphatic rings. The number of piperazine rings is 1. The van der Waals surface area contributed by atoms with Gasteiger partial charge in [0, 0.05) is 42.6 Å². The van der Waals surface area contributed by atoms with Crippen molar-refractivity contribution in [3.8, 4) is 5.75 Å². The van der Waals surface area contributed by atoms with E-state index in [-0.39, 0.29) is 0 Å². The van der Waals surface area contributed by atoms with Crippen LogP contribution in [0.5, 0.6) is 5.75 Å². The van der Waals surface area contributed by atoms with Crippen molar-refractivity contribution in [3.63, 3.8) is 0 Å². The highest BCUT2D eigenvalue weighted by Crippen LogP contribution is 2.30. The number of methoxy groups -OCH3 is 1. The largest absolute Gasteiger partial charge is 0.495 e. The fraction of sp³-hybridized carbons (Fsp3) is 0.263. The molecule has 1 aliphatic heterocycles. The molecule has 0 radical (unpaired) electrons. The number of nitrogens with one attached hydrogen (secondary N) is 2. The van der Waals surface area contributed by atoms with Gasteiger partial charge in [-0.2, -0.15) is 0 Å². The maximum Gasteiger partial charge on any atom is 0.323 e. The molecule has 0 saturated carbocycles. The molecule has 2 N–H and O–H groups in total. The molecule has 2 aromatic rings. The number of urea groups is 1. The van der Waals surface area contributed by atoms with Crippen LogP contribution in [0.1, 0.15) is 0 Å². The predicted octanol–water partition coefficient (Wildman–Crippen LogP) is 3.27. The van der Waals surface area contributed by atoms with Gasteiger partial charge in [0.25, 0.3) is 0 Å². The third-order valence-corrected chi connectivity index (χ3v) is 4.58. The molecule has 8 heteroatoms. The summed E-state index contributed by atoms with van der Waals surface area (Å²) in [5, 5.41) is 6.11. The van der Waals surface area contributed by atoms with Crippen LogP contribution in [-0.4, -0.2) is 50.6 Å². The van der Waals surface area contributed by atoms with Crippen molar-refractivity contribution in [2.24, 2.45) is 0 Å². The van der Waals surface area contributed by atoms with Gasteiger partial charge in [0.2, 0.25) is 6.41 Å². The number of rotatable bonds is 5. The van der Waals surface area contributed by atoms with Gasteiger partial charge in [-0.05, 0) is 36.4 Å². The summed E-state index contributed by atoms with van der Waals surface area (Å²) in [7, 11) is 1.55. The topological polar surface area (TPSA) is 73.9 Å². The number of hydrogen-bond acceptors (Lipinski definition) is 4. The number of carbonyl (C=O) groups is 2. The van der Waals surface area contributed by atoms with Crippen molar-refractivity contribution in [2.45, 2.75) is 0 Å². The van der Waals surface area contributed by atoms with Crippen LogP contribution in [0.4, 0.5) is 21.9 Å². The molecular formula is C19H21ClN4O3. The highest BCUT2D eigenvalue weighted by Gasteiger charge is 2.17. The van der Waals surface area contributed by atoms with Crippen LogP contribution in [0.3, 0.4) is 0 Å². The van der Waals surface area contributed by atoms with Crippen LogP contribution in [-0.2, 0) is 4.79 Å². The van der Waals surface area contributed by atoms with Crippen LogP contribution in [0.2, 0.25) is 5.02 Å². The van der Waals surface area contributed by atoms with E-state index in [0.717, 1.165) is 25.2 Å². The fourth-order valence-corrected chi connectivity index (χ4v) is 3.12. The molecule has 0 atom stereocenters. The summed E-state index contributed by atoms with van der Waals surface area (Å²) < 4.78 is 5.36. The van der Waals surface area contributed by atoms with Crippen LogP contribution < -0.4 is 20.3 Å². The molecular weight excluding hydrogens is 368 g/mol. The van der Waals surface area contributed by atoms with Gasteiger partial charge >= 0.3 is 6.03 Å². The Balaban J connectivity index is 1.71. The van der Waals surface area contributed by atoms with Gasteiger partial charge in [0.05, 0.1) is 12.8 Å². The van der Waals surface area contributed by atoms with E-state index in [2.05, 4.69) is 15.5 Å². The van der Waals surface area contributed by atoms with Gasteiger partial charge in [-0.1, -0.05) is 17.7 Å². The summed E-state index contributed by atoms with van der Waals surface area (Å²) in [4.78, 5) is 27.1. The Morgan fingerprint density at radius 2 is 1.89 bits per heavy atom. The second-order valence-corrected chi connectivity index (χ2v) is 6.54. The Morgan fingerprint density at radius 3 is 2.56 bits per heavy atom. The lowest BCUT2D eigenvalue weighted by Crippen LogP contribution is -2.45. The van der Waals surface area contributed by atoms with Crippen LogP contribution in [0.15, 0.2) is 42.5 Å². The molecule has 0 bridgehead atoms. The lowest BCUT2D eigenvalue weighted by atomic mass is 10.2. The molecule has 3 rings (SSSR count). The second-order valence-electron chi connectivity index (χ2n) is 6.10. The van der Waals surface area contributed by atoms with Crippen LogP contribution in [0.25, 0.3) is 0 Å². The first-order valence-corrected chi connectivity index (χ1v) is 8.93. The van der Waals surface area contributed by atoms with Gasteiger partial charge < -0.3 is 25.2 Å². The number of halogens is 1. The highest BCUT2D eigenvalue weighted by molar-refractivity contribution is 6.30. The first kappa shape index (κ1) is 18.8. The Labute approximate surface area is 162 Å². The van der Waals surface area contributed by atoms with Crippen molar-refractivity contribution >= 4 is 41.1 Å². The van der Waals surface area contributed by atoms with E-state index in [1.807, 2.05) is 18.2 Å². The monoisotopic (exact) mass is 388 g/mol. The lowest BCUT2D eigenvalue weighted by molar-refractivity contribution is -0.118. The van der Waals surface area contributed by atoms with Crippen molar-refractivity contribution in [3.05, 3.63) is 47.5 Å². The zero-order chi connectivity index (χ0) is 19.2. The SMILES string of the molecule is COc1ccc(N2CCN(C=O)CC2)cc1NC(=O)Nc1cccc(Cl)c1. The smallest absolute Gasteiger partial charge is 0.323 e. The van der Waals surface area contributed by atoms with E-state index in [4.69, 9.17) is 16.3 Å². The van der Waals surface area contributed by atoms with Gasteiger partial charge in [-0.3, -0.25) is 4.79 Å². The zero-order valence-electron chi connectivity index (χ0n) is 14.9. The standard InChI is InChI=1S/C19H21ClN4O3/c1-27-18-6-5-16(24-9-7-23(13-25)8-10-24)12-17(18)22-19(26)21-15-4-2-3-14(20)11-15/h2-6,11-13H,7-10H2,1H3,(H2,21,22,26). The molecule has 0 spiro atoms. The number of benzene rings is 2. The molecule has 142 valence electrons. The van der Waals surface area contributed by atoms with Gasteiger partial charge in [0.15, 0.2) is 0 Å². The van der Waals surface area contributed by atoms with E-state index >= 15 is 0 Å². The fourth-order valence-electron chi connectivity index (χ4n) is 2.93. The normalized spacial score (nSPS) is 13.9. The predicted molar refractivity (Wildman–Crippen MR) is 107 cm³/mol. The number of anilines is 3. The van der Waals surface area contributed by atoms with Gasteiger partial charge in [-0.25, -0.2) is 4.79 Å². The molecule has 3 amide bonds. The molecule has 1 heterocycles. The molecule has 0 aliphatic carbocycles. The maximum atomic E-state index is 12.4. The summed E-state index contributed by atoms with van der Waals surface area (Å²) >= 11 is 5.94. The minimum Gasteiger partial charge on any atom is -0.495 e. The average molecular weight is 389 g/mol. The average Bonchev–Trinajstić information content (AvgIpc) is 2.68. The molecule has 1 fully saturated rings. The van der Waals surface area contributed by atoms with Crippen molar-refractivity contribution in [1.82, 2.24) is 4.90 Å². The van der Waals surface area contributed by atoms with E-state index in [1.165, 1.54) is 0 Å². The number of carbonyl (C=O) groups excluding carboxylic acids is 2. The Bertz CT molecular complexity index is 822.